The van der Waals surface area contributed by atoms with Gasteiger partial charge in [-0.05, 0) is 41.1 Å². The summed E-state index contributed by atoms with van der Waals surface area (Å²) in [4.78, 5) is 4.18. The van der Waals surface area contributed by atoms with Gasteiger partial charge in [-0.25, -0.2) is 0 Å². The maximum absolute atomic E-state index is 5.80. The van der Waals surface area contributed by atoms with Crippen molar-refractivity contribution in [1.29, 1.82) is 0 Å². The third-order valence-corrected chi connectivity index (χ3v) is 2.23. The molecule has 1 atom stereocenters. The Bertz CT molecular complexity index is 237. The Morgan fingerprint density at radius 2 is 2.45 bits per heavy atom. The molecule has 1 aromatic rings. The fourth-order valence-electron chi connectivity index (χ4n) is 0.833. The summed E-state index contributed by atoms with van der Waals surface area (Å²) >= 11 is 2.26. The van der Waals surface area contributed by atoms with E-state index in [0.717, 1.165) is 12.1 Å². The topological polar surface area (TPSA) is 38.9 Å². The van der Waals surface area contributed by atoms with Crippen molar-refractivity contribution in [3.05, 3.63) is 27.6 Å². The molecule has 0 aliphatic rings. The lowest BCUT2D eigenvalue weighted by Crippen LogP contribution is -2.10. The van der Waals surface area contributed by atoms with Gasteiger partial charge in [0.2, 0.25) is 0 Å². The fraction of sp³-hybridized carbons (Fsp3) is 0.375. The zero-order valence-corrected chi connectivity index (χ0v) is 8.58. The SMILES string of the molecule is CC[C@@H](N)c1cc(I)ccn1. The summed E-state index contributed by atoms with van der Waals surface area (Å²) < 4.78 is 1.19. The van der Waals surface area contributed by atoms with Crippen LogP contribution >= 0.6 is 22.6 Å². The van der Waals surface area contributed by atoms with Gasteiger partial charge >= 0.3 is 0 Å². The number of nitrogens with two attached hydrogens (primary N) is 1. The summed E-state index contributed by atoms with van der Waals surface area (Å²) in [7, 11) is 0. The molecule has 1 heterocycles. The second-order valence-electron chi connectivity index (χ2n) is 2.41. The Kier molecular flexibility index (Phi) is 3.26. The first kappa shape index (κ1) is 8.93. The highest BCUT2D eigenvalue weighted by Gasteiger charge is 2.03. The molecule has 1 aromatic heterocycles. The monoisotopic (exact) mass is 262 g/mol. The lowest BCUT2D eigenvalue weighted by atomic mass is 10.1. The number of rotatable bonds is 2. The molecule has 1 rings (SSSR count). The van der Waals surface area contributed by atoms with Crippen LogP contribution < -0.4 is 5.73 Å². The van der Waals surface area contributed by atoms with Crippen LogP contribution in [0.4, 0.5) is 0 Å². The van der Waals surface area contributed by atoms with Crippen LogP contribution in [0.2, 0.25) is 0 Å². The smallest absolute Gasteiger partial charge is 0.0581 e. The number of aromatic nitrogens is 1. The van der Waals surface area contributed by atoms with E-state index in [1.807, 2.05) is 12.1 Å². The summed E-state index contributed by atoms with van der Waals surface area (Å²) in [5.74, 6) is 0. The summed E-state index contributed by atoms with van der Waals surface area (Å²) in [5, 5.41) is 0. The van der Waals surface area contributed by atoms with E-state index in [0.29, 0.717) is 0 Å². The van der Waals surface area contributed by atoms with E-state index in [1.165, 1.54) is 3.57 Å². The first-order valence-electron chi connectivity index (χ1n) is 3.61. The van der Waals surface area contributed by atoms with Gasteiger partial charge in [-0.1, -0.05) is 6.92 Å². The minimum absolute atomic E-state index is 0.0877. The van der Waals surface area contributed by atoms with Crippen LogP contribution in [0.25, 0.3) is 0 Å². The van der Waals surface area contributed by atoms with Crippen LogP contribution in [0.3, 0.4) is 0 Å². The predicted octanol–water partition coefficient (Wildman–Crippen LogP) is 2.10. The molecule has 60 valence electrons. The molecule has 2 nitrogen and oxygen atoms in total. The van der Waals surface area contributed by atoms with Gasteiger partial charge in [0.15, 0.2) is 0 Å². The van der Waals surface area contributed by atoms with Gasteiger partial charge in [-0.3, -0.25) is 4.98 Å². The van der Waals surface area contributed by atoms with Gasteiger partial charge in [0.05, 0.1) is 5.69 Å². The number of halogens is 1. The summed E-state index contributed by atoms with van der Waals surface area (Å²) in [6.07, 6.45) is 2.74. The zero-order chi connectivity index (χ0) is 8.27. The number of pyridine rings is 1. The Balaban J connectivity index is 2.86. The van der Waals surface area contributed by atoms with E-state index < -0.39 is 0 Å². The average Bonchev–Trinajstić information content (AvgIpc) is 2.03. The van der Waals surface area contributed by atoms with Crippen molar-refractivity contribution < 1.29 is 0 Å². The summed E-state index contributed by atoms with van der Waals surface area (Å²) in [6.45, 7) is 2.06. The lowest BCUT2D eigenvalue weighted by molar-refractivity contribution is 0.675. The van der Waals surface area contributed by atoms with Crippen LogP contribution in [0.1, 0.15) is 25.1 Å². The molecule has 0 aliphatic carbocycles. The van der Waals surface area contributed by atoms with Crippen LogP contribution in [0.5, 0.6) is 0 Å². The highest BCUT2D eigenvalue weighted by atomic mass is 127. The minimum atomic E-state index is 0.0877. The molecular formula is C8H11IN2. The maximum Gasteiger partial charge on any atom is 0.0581 e. The van der Waals surface area contributed by atoms with Crippen molar-refractivity contribution in [3.63, 3.8) is 0 Å². The summed E-state index contributed by atoms with van der Waals surface area (Å²) in [6, 6.07) is 4.07. The molecular weight excluding hydrogens is 251 g/mol. The van der Waals surface area contributed by atoms with Crippen molar-refractivity contribution in [2.45, 2.75) is 19.4 Å². The molecule has 0 aliphatic heterocycles. The zero-order valence-electron chi connectivity index (χ0n) is 6.42. The molecule has 0 fully saturated rings. The van der Waals surface area contributed by atoms with Crippen LogP contribution in [-0.2, 0) is 0 Å². The molecule has 0 saturated heterocycles. The molecule has 0 spiro atoms. The second-order valence-corrected chi connectivity index (χ2v) is 3.66. The van der Waals surface area contributed by atoms with Gasteiger partial charge < -0.3 is 5.73 Å². The molecule has 0 amide bonds. The molecule has 3 heteroatoms. The van der Waals surface area contributed by atoms with E-state index in [4.69, 9.17) is 5.73 Å². The fourth-order valence-corrected chi connectivity index (χ4v) is 1.31. The highest BCUT2D eigenvalue weighted by molar-refractivity contribution is 14.1. The first-order valence-corrected chi connectivity index (χ1v) is 4.69. The maximum atomic E-state index is 5.80. The van der Waals surface area contributed by atoms with Gasteiger partial charge in [-0.2, -0.15) is 0 Å². The van der Waals surface area contributed by atoms with Gasteiger partial charge in [0.25, 0.3) is 0 Å². The lowest BCUT2D eigenvalue weighted by Gasteiger charge is -2.06. The first-order chi connectivity index (χ1) is 5.24. The van der Waals surface area contributed by atoms with E-state index in [1.54, 1.807) is 6.20 Å². The van der Waals surface area contributed by atoms with Crippen molar-refractivity contribution in [3.8, 4) is 0 Å². The summed E-state index contributed by atoms with van der Waals surface area (Å²) in [5.41, 5.74) is 6.78. The van der Waals surface area contributed by atoms with Gasteiger partial charge in [-0.15, -0.1) is 0 Å². The molecule has 0 radical (unpaired) electrons. The third-order valence-electron chi connectivity index (χ3n) is 1.56. The number of hydrogen-bond acceptors (Lipinski definition) is 2. The van der Waals surface area contributed by atoms with E-state index in [2.05, 4.69) is 34.5 Å². The Morgan fingerprint density at radius 1 is 1.73 bits per heavy atom. The molecule has 2 N–H and O–H groups in total. The second kappa shape index (κ2) is 4.01. The quantitative estimate of drug-likeness (QED) is 0.829. The largest absolute Gasteiger partial charge is 0.323 e. The number of nitrogens with zero attached hydrogens (tertiary/aromatic N) is 1. The van der Waals surface area contributed by atoms with Gasteiger partial charge in [0.1, 0.15) is 0 Å². The molecule has 0 aromatic carbocycles. The van der Waals surface area contributed by atoms with Crippen molar-refractivity contribution in [1.82, 2.24) is 4.98 Å². The predicted molar refractivity (Wildman–Crippen MR) is 54.2 cm³/mol. The van der Waals surface area contributed by atoms with Crippen LogP contribution in [0.15, 0.2) is 18.3 Å². The standard InChI is InChI=1S/C8H11IN2/c1-2-7(10)8-5-6(9)3-4-11-8/h3-5,7H,2,10H2,1H3/t7-/m1/s1. The van der Waals surface area contributed by atoms with Crippen molar-refractivity contribution in [2.24, 2.45) is 5.73 Å². The van der Waals surface area contributed by atoms with Crippen molar-refractivity contribution >= 4 is 22.6 Å². The molecule has 11 heavy (non-hydrogen) atoms. The number of hydrogen-bond donors (Lipinski definition) is 1. The van der Waals surface area contributed by atoms with Gasteiger partial charge in [0, 0.05) is 15.8 Å². The van der Waals surface area contributed by atoms with E-state index >= 15 is 0 Å². The Labute approximate surface area is 80.3 Å². The van der Waals surface area contributed by atoms with E-state index in [9.17, 15) is 0 Å². The van der Waals surface area contributed by atoms with E-state index in [-0.39, 0.29) is 6.04 Å². The Morgan fingerprint density at radius 3 is 3.00 bits per heavy atom. The van der Waals surface area contributed by atoms with Crippen molar-refractivity contribution in [2.75, 3.05) is 0 Å². The van der Waals surface area contributed by atoms with Crippen LogP contribution in [-0.4, -0.2) is 4.98 Å². The normalized spacial score (nSPS) is 13.0. The third kappa shape index (κ3) is 2.41. The average molecular weight is 262 g/mol. The molecule has 0 saturated carbocycles. The highest BCUT2D eigenvalue weighted by Crippen LogP contribution is 2.12. The Hall–Kier alpha value is -0.160. The van der Waals surface area contributed by atoms with Crippen LogP contribution in [0, 0.1) is 3.57 Å². The molecule has 0 unspecified atom stereocenters. The molecule has 0 bridgehead atoms. The minimum Gasteiger partial charge on any atom is -0.323 e.